The van der Waals surface area contributed by atoms with Crippen LogP contribution in [0, 0.1) is 5.82 Å². The molecule has 0 N–H and O–H groups in total. The van der Waals surface area contributed by atoms with E-state index < -0.39 is 0 Å². The minimum Gasteiger partial charge on any atom is -0.378 e. The highest BCUT2D eigenvalue weighted by Crippen LogP contribution is 2.36. The third-order valence-electron chi connectivity index (χ3n) is 7.75. The Morgan fingerprint density at radius 3 is 2.42 bits per heavy atom. The van der Waals surface area contributed by atoms with E-state index in [9.17, 15) is 14.0 Å². The summed E-state index contributed by atoms with van der Waals surface area (Å²) in [4.78, 5) is 32.5. The number of likely N-dealkylation sites (N-methyl/N-ethyl adjacent to an activating group) is 1. The van der Waals surface area contributed by atoms with Gasteiger partial charge in [0.2, 0.25) is 5.91 Å². The molecule has 1 aromatic heterocycles. The molecule has 0 spiro atoms. The fourth-order valence-corrected chi connectivity index (χ4v) is 5.96. The van der Waals surface area contributed by atoms with Crippen LogP contribution in [-0.4, -0.2) is 84.6 Å². The minimum atomic E-state index is -0.247. The second-order valence-corrected chi connectivity index (χ2v) is 10.7. The molecular weight excluding hydrogens is 507 g/mol. The van der Waals surface area contributed by atoms with Crippen molar-refractivity contribution in [3.8, 4) is 0 Å². The predicted octanol–water partition coefficient (Wildman–Crippen LogP) is 4.37. The summed E-state index contributed by atoms with van der Waals surface area (Å²) in [5.41, 5.74) is 2.99. The molecule has 2 amide bonds. The van der Waals surface area contributed by atoms with Crippen LogP contribution in [0.25, 0.3) is 10.9 Å². The smallest absolute Gasteiger partial charge is 0.271 e. The van der Waals surface area contributed by atoms with Gasteiger partial charge >= 0.3 is 0 Å². The summed E-state index contributed by atoms with van der Waals surface area (Å²) in [5, 5.41) is 1.46. The van der Waals surface area contributed by atoms with Crippen LogP contribution in [0.3, 0.4) is 0 Å². The molecule has 202 valence electrons. The van der Waals surface area contributed by atoms with Gasteiger partial charge in [-0.15, -0.1) is 0 Å². The van der Waals surface area contributed by atoms with Crippen LogP contribution in [0.2, 0.25) is 5.02 Å². The zero-order chi connectivity index (χ0) is 26.8. The number of carbonyl (C=O) groups is 2. The number of carbonyl (C=O) groups excluding carboxylic acids is 2. The van der Waals surface area contributed by atoms with Crippen molar-refractivity contribution in [2.45, 2.75) is 31.8 Å². The number of halogens is 2. The van der Waals surface area contributed by atoms with Gasteiger partial charge in [-0.3, -0.25) is 14.5 Å². The lowest BCUT2D eigenvalue weighted by molar-refractivity contribution is -0.129. The first-order valence-electron chi connectivity index (χ1n) is 13.2. The molecule has 0 bridgehead atoms. The van der Waals surface area contributed by atoms with E-state index in [4.69, 9.17) is 16.3 Å². The van der Waals surface area contributed by atoms with Crippen molar-refractivity contribution >= 4 is 34.3 Å². The fraction of sp³-hybridized carbons (Fsp3) is 0.448. The first kappa shape index (κ1) is 26.7. The average Bonchev–Trinajstić information content (AvgIpc) is 3.22. The van der Waals surface area contributed by atoms with Gasteiger partial charge in [0, 0.05) is 60.8 Å². The highest BCUT2D eigenvalue weighted by Gasteiger charge is 2.31. The molecule has 5 rings (SSSR count). The van der Waals surface area contributed by atoms with Gasteiger partial charge in [-0.05, 0) is 50.0 Å². The molecule has 2 saturated heterocycles. The molecule has 0 aliphatic carbocycles. The van der Waals surface area contributed by atoms with Crippen LogP contribution in [0.15, 0.2) is 42.5 Å². The molecule has 38 heavy (non-hydrogen) atoms. The molecule has 7 nitrogen and oxygen atoms in total. The largest absolute Gasteiger partial charge is 0.378 e. The van der Waals surface area contributed by atoms with Crippen molar-refractivity contribution < 1.29 is 18.7 Å². The van der Waals surface area contributed by atoms with Crippen LogP contribution in [0.5, 0.6) is 0 Å². The first-order valence-corrected chi connectivity index (χ1v) is 13.6. The van der Waals surface area contributed by atoms with Gasteiger partial charge in [-0.1, -0.05) is 35.9 Å². The topological polar surface area (TPSA) is 58.0 Å². The van der Waals surface area contributed by atoms with E-state index >= 15 is 0 Å². The van der Waals surface area contributed by atoms with E-state index in [1.165, 1.54) is 6.07 Å². The molecule has 2 fully saturated rings. The zero-order valence-corrected chi connectivity index (χ0v) is 22.7. The number of hydrogen-bond donors (Lipinski definition) is 0. The van der Waals surface area contributed by atoms with Crippen molar-refractivity contribution in [2.75, 3.05) is 53.5 Å². The number of para-hydroxylation sites is 1. The maximum atomic E-state index is 14.6. The Labute approximate surface area is 227 Å². The lowest BCUT2D eigenvalue weighted by Crippen LogP contribution is -2.42. The number of likely N-dealkylation sites (tertiary alicyclic amines) is 1. The lowest BCUT2D eigenvalue weighted by Gasteiger charge is -2.33. The van der Waals surface area contributed by atoms with Gasteiger partial charge in [0.1, 0.15) is 18.1 Å². The second kappa shape index (κ2) is 11.4. The highest BCUT2D eigenvalue weighted by atomic mass is 35.5. The molecule has 3 heterocycles. The zero-order valence-electron chi connectivity index (χ0n) is 22.0. The Morgan fingerprint density at radius 2 is 1.74 bits per heavy atom. The Kier molecular flexibility index (Phi) is 8.02. The van der Waals surface area contributed by atoms with Crippen molar-refractivity contribution in [1.82, 2.24) is 19.3 Å². The number of amides is 2. The quantitative estimate of drug-likeness (QED) is 0.466. The van der Waals surface area contributed by atoms with E-state index in [-0.39, 0.29) is 30.1 Å². The van der Waals surface area contributed by atoms with Crippen LogP contribution >= 0.6 is 11.6 Å². The summed E-state index contributed by atoms with van der Waals surface area (Å²) < 4.78 is 21.9. The third kappa shape index (κ3) is 5.30. The second-order valence-electron chi connectivity index (χ2n) is 10.3. The van der Waals surface area contributed by atoms with E-state index in [0.717, 1.165) is 42.4 Å². The number of fused-ring (bicyclic) bond motifs is 1. The number of morpholine rings is 1. The molecule has 0 radical (unpaired) electrons. The summed E-state index contributed by atoms with van der Waals surface area (Å²) in [6.45, 7) is 4.24. The Bertz CT molecular complexity index is 1310. The van der Waals surface area contributed by atoms with Gasteiger partial charge in [0.25, 0.3) is 5.91 Å². The van der Waals surface area contributed by atoms with E-state index in [1.54, 1.807) is 31.1 Å². The summed E-state index contributed by atoms with van der Waals surface area (Å²) in [6.07, 6.45) is 1.57. The average molecular weight is 541 g/mol. The third-order valence-corrected chi connectivity index (χ3v) is 8.08. The monoisotopic (exact) mass is 540 g/mol. The van der Waals surface area contributed by atoms with Crippen molar-refractivity contribution in [3.63, 3.8) is 0 Å². The summed E-state index contributed by atoms with van der Waals surface area (Å²) in [7, 11) is 3.45. The predicted molar refractivity (Wildman–Crippen MR) is 146 cm³/mol. The molecule has 2 aliphatic heterocycles. The van der Waals surface area contributed by atoms with Crippen molar-refractivity contribution in [1.29, 1.82) is 0 Å². The Balaban J connectivity index is 1.47. The van der Waals surface area contributed by atoms with Gasteiger partial charge in [0.05, 0.1) is 13.2 Å². The fourth-order valence-electron chi connectivity index (χ4n) is 5.64. The van der Waals surface area contributed by atoms with Crippen LogP contribution in [-0.2, 0) is 22.6 Å². The minimum absolute atomic E-state index is 0.0634. The molecular formula is C29H34ClFN4O3. The molecule has 0 unspecified atom stereocenters. The summed E-state index contributed by atoms with van der Waals surface area (Å²) >= 11 is 6.35. The number of nitrogens with zero attached hydrogens (tertiary/aromatic N) is 4. The molecule has 0 saturated carbocycles. The summed E-state index contributed by atoms with van der Waals surface area (Å²) in [6, 6.07) is 12.8. The Morgan fingerprint density at radius 1 is 1.03 bits per heavy atom. The molecule has 0 atom stereocenters. The normalized spacial score (nSPS) is 17.2. The maximum Gasteiger partial charge on any atom is 0.271 e. The first-order chi connectivity index (χ1) is 18.3. The van der Waals surface area contributed by atoms with Crippen molar-refractivity contribution in [2.24, 2.45) is 0 Å². The van der Waals surface area contributed by atoms with Crippen LogP contribution in [0.4, 0.5) is 4.39 Å². The van der Waals surface area contributed by atoms with Crippen LogP contribution < -0.4 is 0 Å². The van der Waals surface area contributed by atoms with Gasteiger partial charge in [-0.2, -0.15) is 0 Å². The number of benzene rings is 2. The number of hydrogen-bond acceptors (Lipinski definition) is 4. The SMILES string of the molecule is CN(C)C(=O)Cn1c(C(=O)N2CCOCC2)c(CN2CCC(c3c(F)cccc3Cl)CC2)c2ccccc21. The Hall–Kier alpha value is -2.94. The lowest BCUT2D eigenvalue weighted by atomic mass is 9.88. The number of aromatic nitrogens is 1. The van der Waals surface area contributed by atoms with Gasteiger partial charge < -0.3 is 19.1 Å². The molecule has 2 aromatic carbocycles. The number of piperidine rings is 1. The molecule has 3 aromatic rings. The standard InChI is InChI=1S/C29H34ClFN4O3/c1-32(2)26(36)19-35-25-9-4-3-6-21(25)22(28(35)29(37)34-14-16-38-17-15-34)18-33-12-10-20(11-13-33)27-23(30)7-5-8-24(27)31/h3-9,20H,10-19H2,1-2H3. The van der Waals surface area contributed by atoms with E-state index in [0.29, 0.717) is 49.1 Å². The number of ether oxygens (including phenoxy) is 1. The molecule has 9 heteroatoms. The molecule has 2 aliphatic rings. The highest BCUT2D eigenvalue weighted by molar-refractivity contribution is 6.31. The number of rotatable bonds is 6. The van der Waals surface area contributed by atoms with E-state index in [2.05, 4.69) is 4.90 Å². The maximum absolute atomic E-state index is 14.6. The van der Waals surface area contributed by atoms with Gasteiger partial charge in [-0.25, -0.2) is 4.39 Å². The van der Waals surface area contributed by atoms with E-state index in [1.807, 2.05) is 33.7 Å². The summed E-state index contributed by atoms with van der Waals surface area (Å²) in [5.74, 6) is -0.327. The van der Waals surface area contributed by atoms with Crippen LogP contribution in [0.1, 0.15) is 40.4 Å². The van der Waals surface area contributed by atoms with Gasteiger partial charge in [0.15, 0.2) is 0 Å². The van der Waals surface area contributed by atoms with Crippen molar-refractivity contribution in [3.05, 3.63) is 70.1 Å².